The summed E-state index contributed by atoms with van der Waals surface area (Å²) in [6.07, 6.45) is 5.64. The van der Waals surface area contributed by atoms with Gasteiger partial charge in [-0.25, -0.2) is 9.48 Å². The molecule has 3 aromatic rings. The number of hydrogen-bond donors (Lipinski definition) is 1. The van der Waals surface area contributed by atoms with Gasteiger partial charge in [0, 0.05) is 23.2 Å². The zero-order valence-corrected chi connectivity index (χ0v) is 20.1. The summed E-state index contributed by atoms with van der Waals surface area (Å²) in [5.41, 5.74) is 1.22. The lowest BCUT2D eigenvalue weighted by molar-refractivity contribution is -0.126. The van der Waals surface area contributed by atoms with Gasteiger partial charge in [0.15, 0.2) is 5.82 Å². The predicted molar refractivity (Wildman–Crippen MR) is 131 cm³/mol. The SMILES string of the molecule is COc1ccc(-c2nn(CCNC(=O)C3(c4ccc(Cl)cc4)CCCC3)c(=O)n2C2CC2)cc1. The third kappa shape index (κ3) is 4.25. The van der Waals surface area contributed by atoms with Crippen LogP contribution in [0.3, 0.4) is 0 Å². The van der Waals surface area contributed by atoms with E-state index in [1.54, 1.807) is 11.7 Å². The minimum Gasteiger partial charge on any atom is -0.497 e. The van der Waals surface area contributed by atoms with E-state index in [0.717, 1.165) is 55.4 Å². The average Bonchev–Trinajstić information content (AvgIpc) is 3.46. The zero-order chi connectivity index (χ0) is 23.7. The summed E-state index contributed by atoms with van der Waals surface area (Å²) in [5, 5.41) is 8.38. The molecule has 178 valence electrons. The number of halogens is 1. The van der Waals surface area contributed by atoms with Crippen molar-refractivity contribution in [2.45, 2.75) is 56.5 Å². The number of nitrogens with one attached hydrogen (secondary N) is 1. The van der Waals surface area contributed by atoms with Crippen molar-refractivity contribution in [3.63, 3.8) is 0 Å². The molecule has 2 fully saturated rings. The van der Waals surface area contributed by atoms with Crippen LogP contribution in [0, 0.1) is 0 Å². The monoisotopic (exact) mass is 480 g/mol. The number of aromatic nitrogens is 3. The fourth-order valence-electron chi connectivity index (χ4n) is 5.00. The molecule has 0 saturated heterocycles. The Kier molecular flexibility index (Phi) is 6.21. The van der Waals surface area contributed by atoms with Gasteiger partial charge in [-0.1, -0.05) is 36.6 Å². The molecule has 1 N–H and O–H groups in total. The molecule has 2 aliphatic rings. The Balaban J connectivity index is 1.32. The number of ether oxygens (including phenoxy) is 1. The van der Waals surface area contributed by atoms with E-state index in [4.69, 9.17) is 16.3 Å². The lowest BCUT2D eigenvalue weighted by Gasteiger charge is -2.28. The average molecular weight is 481 g/mol. The van der Waals surface area contributed by atoms with E-state index in [2.05, 4.69) is 10.4 Å². The highest BCUT2D eigenvalue weighted by Gasteiger charge is 2.42. The molecule has 1 aromatic heterocycles. The van der Waals surface area contributed by atoms with Gasteiger partial charge in [0.05, 0.1) is 19.1 Å². The van der Waals surface area contributed by atoms with Gasteiger partial charge in [-0.2, -0.15) is 0 Å². The lowest BCUT2D eigenvalue weighted by atomic mass is 9.78. The first-order chi connectivity index (χ1) is 16.5. The van der Waals surface area contributed by atoms with Gasteiger partial charge < -0.3 is 10.1 Å². The van der Waals surface area contributed by atoms with E-state index in [-0.39, 0.29) is 17.6 Å². The number of carbonyl (C=O) groups is 1. The number of rotatable bonds is 8. The van der Waals surface area contributed by atoms with Gasteiger partial charge in [0.1, 0.15) is 5.75 Å². The van der Waals surface area contributed by atoms with E-state index in [1.165, 1.54) is 4.68 Å². The Labute approximate surface area is 203 Å². The Morgan fingerprint density at radius 2 is 1.79 bits per heavy atom. The third-order valence-corrected chi connectivity index (χ3v) is 7.28. The second-order valence-corrected chi connectivity index (χ2v) is 9.65. The summed E-state index contributed by atoms with van der Waals surface area (Å²) >= 11 is 6.06. The summed E-state index contributed by atoms with van der Waals surface area (Å²) in [6, 6.07) is 15.4. The highest BCUT2D eigenvalue weighted by molar-refractivity contribution is 6.30. The quantitative estimate of drug-likeness (QED) is 0.520. The molecule has 2 saturated carbocycles. The van der Waals surface area contributed by atoms with E-state index in [9.17, 15) is 9.59 Å². The smallest absolute Gasteiger partial charge is 0.346 e. The maximum Gasteiger partial charge on any atom is 0.346 e. The zero-order valence-electron chi connectivity index (χ0n) is 19.3. The minimum absolute atomic E-state index is 0.0115. The van der Waals surface area contributed by atoms with Crippen molar-refractivity contribution in [3.8, 4) is 17.1 Å². The maximum atomic E-state index is 13.3. The Bertz CT molecular complexity index is 1220. The second kappa shape index (κ2) is 9.29. The van der Waals surface area contributed by atoms with E-state index in [1.807, 2.05) is 48.5 Å². The molecular weight excluding hydrogens is 452 g/mol. The molecule has 0 atom stereocenters. The summed E-state index contributed by atoms with van der Waals surface area (Å²) < 4.78 is 8.51. The molecule has 0 radical (unpaired) electrons. The molecule has 34 heavy (non-hydrogen) atoms. The first-order valence-corrected chi connectivity index (χ1v) is 12.3. The van der Waals surface area contributed by atoms with Crippen molar-refractivity contribution in [1.29, 1.82) is 0 Å². The van der Waals surface area contributed by atoms with Crippen molar-refractivity contribution in [3.05, 3.63) is 69.6 Å². The van der Waals surface area contributed by atoms with Gasteiger partial charge >= 0.3 is 5.69 Å². The fourth-order valence-corrected chi connectivity index (χ4v) is 5.13. The first-order valence-electron chi connectivity index (χ1n) is 11.9. The van der Waals surface area contributed by atoms with Crippen LogP contribution in [0.2, 0.25) is 5.02 Å². The van der Waals surface area contributed by atoms with E-state index >= 15 is 0 Å². The third-order valence-electron chi connectivity index (χ3n) is 7.03. The summed E-state index contributed by atoms with van der Waals surface area (Å²) in [6.45, 7) is 0.669. The van der Waals surface area contributed by atoms with Crippen LogP contribution in [0.4, 0.5) is 0 Å². The fraction of sp³-hybridized carbons (Fsp3) is 0.423. The van der Waals surface area contributed by atoms with Crippen LogP contribution in [0.15, 0.2) is 53.3 Å². The predicted octanol–water partition coefficient (Wildman–Crippen LogP) is 4.34. The van der Waals surface area contributed by atoms with Crippen molar-refractivity contribution in [2.75, 3.05) is 13.7 Å². The largest absolute Gasteiger partial charge is 0.497 e. The van der Waals surface area contributed by atoms with Crippen LogP contribution in [-0.2, 0) is 16.8 Å². The second-order valence-electron chi connectivity index (χ2n) is 9.21. The lowest BCUT2D eigenvalue weighted by Crippen LogP contribution is -2.44. The molecule has 0 aliphatic heterocycles. The normalized spacial score (nSPS) is 17.0. The molecule has 0 unspecified atom stereocenters. The Morgan fingerprint density at radius 3 is 2.41 bits per heavy atom. The number of benzene rings is 2. The number of amides is 1. The standard InChI is InChI=1S/C26H29ClN4O3/c1-34-22-12-4-18(5-13-22)23-29-30(25(33)31(23)21-10-11-21)17-16-28-24(32)26(14-2-3-15-26)19-6-8-20(27)9-7-19/h4-9,12-13,21H,2-3,10-11,14-17H2,1H3,(H,28,32). The van der Waals surface area contributed by atoms with Crippen LogP contribution in [0.25, 0.3) is 11.4 Å². The van der Waals surface area contributed by atoms with Crippen LogP contribution >= 0.6 is 11.6 Å². The highest BCUT2D eigenvalue weighted by Crippen LogP contribution is 2.41. The van der Waals surface area contributed by atoms with Gasteiger partial charge in [0.25, 0.3) is 0 Å². The molecule has 0 bridgehead atoms. The van der Waals surface area contributed by atoms with E-state index in [0.29, 0.717) is 23.9 Å². The summed E-state index contributed by atoms with van der Waals surface area (Å²) in [7, 11) is 1.63. The maximum absolute atomic E-state index is 13.3. The van der Waals surface area contributed by atoms with Crippen LogP contribution < -0.4 is 15.7 Å². The molecular formula is C26H29ClN4O3. The van der Waals surface area contributed by atoms with Gasteiger partial charge in [-0.05, 0) is 67.6 Å². The molecule has 2 aromatic carbocycles. The molecule has 0 spiro atoms. The van der Waals surface area contributed by atoms with Gasteiger partial charge in [-0.3, -0.25) is 9.36 Å². The summed E-state index contributed by atoms with van der Waals surface area (Å²) in [5.74, 6) is 1.43. The highest BCUT2D eigenvalue weighted by atomic mass is 35.5. The first kappa shape index (κ1) is 22.7. The molecule has 2 aliphatic carbocycles. The molecule has 1 heterocycles. The molecule has 8 heteroatoms. The van der Waals surface area contributed by atoms with Crippen molar-refractivity contribution in [1.82, 2.24) is 19.7 Å². The van der Waals surface area contributed by atoms with E-state index < -0.39 is 5.41 Å². The molecule has 1 amide bonds. The Morgan fingerprint density at radius 1 is 1.12 bits per heavy atom. The van der Waals surface area contributed by atoms with Crippen molar-refractivity contribution in [2.24, 2.45) is 0 Å². The summed E-state index contributed by atoms with van der Waals surface area (Å²) in [4.78, 5) is 26.5. The minimum atomic E-state index is -0.531. The molecule has 5 rings (SSSR count). The number of hydrogen-bond acceptors (Lipinski definition) is 4. The number of nitrogens with zero attached hydrogens (tertiary/aromatic N) is 3. The van der Waals surface area contributed by atoms with Gasteiger partial charge in [-0.15, -0.1) is 5.10 Å². The van der Waals surface area contributed by atoms with Crippen LogP contribution in [0.5, 0.6) is 5.75 Å². The molecule has 7 nitrogen and oxygen atoms in total. The van der Waals surface area contributed by atoms with Crippen LogP contribution in [-0.4, -0.2) is 33.9 Å². The van der Waals surface area contributed by atoms with Crippen molar-refractivity contribution >= 4 is 17.5 Å². The number of methoxy groups -OCH3 is 1. The Hall–Kier alpha value is -3.06. The number of carbonyl (C=O) groups excluding carboxylic acids is 1. The topological polar surface area (TPSA) is 78.2 Å². The van der Waals surface area contributed by atoms with Gasteiger partial charge in [0.2, 0.25) is 5.91 Å². The van der Waals surface area contributed by atoms with Crippen molar-refractivity contribution < 1.29 is 9.53 Å². The van der Waals surface area contributed by atoms with Crippen LogP contribution in [0.1, 0.15) is 50.1 Å².